The van der Waals surface area contributed by atoms with Crippen LogP contribution in [0.5, 0.6) is 0 Å². The summed E-state index contributed by atoms with van der Waals surface area (Å²) in [7, 11) is 0. The van der Waals surface area contributed by atoms with Crippen LogP contribution < -0.4 is 11.1 Å². The normalized spacial score (nSPS) is 26.2. The van der Waals surface area contributed by atoms with Crippen molar-refractivity contribution in [2.75, 3.05) is 13.2 Å². The highest BCUT2D eigenvalue weighted by Gasteiger charge is 2.38. The van der Waals surface area contributed by atoms with E-state index in [1.54, 1.807) is 12.1 Å². The van der Waals surface area contributed by atoms with Crippen LogP contribution in [0.25, 0.3) is 0 Å². The monoisotopic (exact) mass is 297 g/mol. The summed E-state index contributed by atoms with van der Waals surface area (Å²) < 4.78 is 19.2. The number of benzene rings is 1. The number of amidine groups is 1. The predicted octanol–water partition coefficient (Wildman–Crippen LogP) is 0.550. The van der Waals surface area contributed by atoms with E-state index in [9.17, 15) is 9.50 Å². The smallest absolute Gasteiger partial charge is 0.170 e. The zero-order chi connectivity index (χ0) is 15.5. The number of halogens is 1. The van der Waals surface area contributed by atoms with Crippen molar-refractivity contribution in [3.63, 3.8) is 0 Å². The summed E-state index contributed by atoms with van der Waals surface area (Å²) in [5.41, 5.74) is 5.25. The Morgan fingerprint density at radius 3 is 2.95 bits per heavy atom. The highest BCUT2D eigenvalue weighted by atomic mass is 19.1. The van der Waals surface area contributed by atoms with Gasteiger partial charge in [0, 0.05) is 37.2 Å². The molecule has 2 rings (SSSR count). The minimum absolute atomic E-state index is 0.139. The third-order valence-electron chi connectivity index (χ3n) is 3.86. The van der Waals surface area contributed by atoms with Gasteiger partial charge in [0.25, 0.3) is 0 Å². The maximum Gasteiger partial charge on any atom is 0.170 e. The van der Waals surface area contributed by atoms with Crippen molar-refractivity contribution < 1.29 is 19.4 Å². The van der Waals surface area contributed by atoms with Crippen LogP contribution in [-0.2, 0) is 11.3 Å². The molecule has 0 aromatic heterocycles. The maximum absolute atomic E-state index is 13.9. The SMILES string of the molecule is CC1OCCC1(O)CNCc1ccc(/C(N)=N/O)cc1F. The summed E-state index contributed by atoms with van der Waals surface area (Å²) in [5.74, 6) is -0.589. The van der Waals surface area contributed by atoms with Crippen LogP contribution in [-0.4, -0.2) is 41.0 Å². The van der Waals surface area contributed by atoms with Gasteiger partial charge in [-0.3, -0.25) is 0 Å². The lowest BCUT2D eigenvalue weighted by Crippen LogP contribution is -2.45. The van der Waals surface area contributed by atoms with Crippen molar-refractivity contribution in [3.05, 3.63) is 35.1 Å². The number of nitrogens with two attached hydrogens (primary N) is 1. The fourth-order valence-corrected chi connectivity index (χ4v) is 2.32. The molecule has 1 aromatic carbocycles. The van der Waals surface area contributed by atoms with E-state index >= 15 is 0 Å². The number of hydrogen-bond donors (Lipinski definition) is 4. The molecule has 5 N–H and O–H groups in total. The van der Waals surface area contributed by atoms with Gasteiger partial charge >= 0.3 is 0 Å². The standard InChI is InChI=1S/C14H20FN3O3/c1-9-14(19,4-5-21-9)8-17-7-11-3-2-10(6-12(11)15)13(16)18-20/h2-3,6,9,17,19-20H,4-5,7-8H2,1H3,(H2,16,18). The average Bonchev–Trinajstić information content (AvgIpc) is 2.79. The number of nitrogens with zero attached hydrogens (tertiary/aromatic N) is 1. The second-order valence-corrected chi connectivity index (χ2v) is 5.26. The molecule has 2 unspecified atom stereocenters. The average molecular weight is 297 g/mol. The predicted molar refractivity (Wildman–Crippen MR) is 75.6 cm³/mol. The zero-order valence-electron chi connectivity index (χ0n) is 11.8. The Balaban J connectivity index is 1.95. The number of ether oxygens (including phenoxy) is 1. The van der Waals surface area contributed by atoms with Crippen LogP contribution in [0.15, 0.2) is 23.4 Å². The molecule has 0 radical (unpaired) electrons. The molecule has 0 saturated carbocycles. The fraction of sp³-hybridized carbons (Fsp3) is 0.500. The molecular formula is C14H20FN3O3. The molecule has 6 nitrogen and oxygen atoms in total. The first-order valence-electron chi connectivity index (χ1n) is 6.77. The van der Waals surface area contributed by atoms with E-state index in [2.05, 4.69) is 10.5 Å². The summed E-state index contributed by atoms with van der Waals surface area (Å²) in [6.07, 6.45) is 0.323. The van der Waals surface area contributed by atoms with Gasteiger partial charge in [-0.1, -0.05) is 17.3 Å². The molecule has 1 aromatic rings. The molecule has 21 heavy (non-hydrogen) atoms. The Labute approximate surface area is 122 Å². The first-order valence-corrected chi connectivity index (χ1v) is 6.77. The molecule has 1 aliphatic heterocycles. The van der Waals surface area contributed by atoms with Gasteiger partial charge in [-0.05, 0) is 13.0 Å². The molecular weight excluding hydrogens is 277 g/mol. The summed E-state index contributed by atoms with van der Waals surface area (Å²) >= 11 is 0. The van der Waals surface area contributed by atoms with Gasteiger partial charge in [0.2, 0.25) is 0 Å². The van der Waals surface area contributed by atoms with E-state index in [0.717, 1.165) is 0 Å². The largest absolute Gasteiger partial charge is 0.409 e. The van der Waals surface area contributed by atoms with Crippen molar-refractivity contribution >= 4 is 5.84 Å². The summed E-state index contributed by atoms with van der Waals surface area (Å²) in [4.78, 5) is 0. The molecule has 0 bridgehead atoms. The number of aliphatic hydroxyl groups is 1. The van der Waals surface area contributed by atoms with Crippen LogP contribution in [0, 0.1) is 5.82 Å². The minimum Gasteiger partial charge on any atom is -0.409 e. The second kappa shape index (κ2) is 6.38. The number of rotatable bonds is 5. The van der Waals surface area contributed by atoms with Gasteiger partial charge in [0.05, 0.1) is 6.10 Å². The van der Waals surface area contributed by atoms with Crippen LogP contribution in [0.1, 0.15) is 24.5 Å². The Hall–Kier alpha value is -1.70. The Morgan fingerprint density at radius 2 is 2.38 bits per heavy atom. The van der Waals surface area contributed by atoms with E-state index in [-0.39, 0.29) is 18.5 Å². The topological polar surface area (TPSA) is 100 Å². The Morgan fingerprint density at radius 1 is 1.62 bits per heavy atom. The minimum atomic E-state index is -0.912. The lowest BCUT2D eigenvalue weighted by Gasteiger charge is -2.26. The van der Waals surface area contributed by atoms with Crippen LogP contribution >= 0.6 is 0 Å². The van der Waals surface area contributed by atoms with Gasteiger partial charge in [-0.2, -0.15) is 0 Å². The quantitative estimate of drug-likeness (QED) is 0.275. The summed E-state index contributed by atoms with van der Waals surface area (Å²) in [5, 5.41) is 24.7. The second-order valence-electron chi connectivity index (χ2n) is 5.26. The van der Waals surface area contributed by atoms with Crippen molar-refractivity contribution in [2.45, 2.75) is 31.6 Å². The Kier molecular flexibility index (Phi) is 4.76. The van der Waals surface area contributed by atoms with E-state index < -0.39 is 11.4 Å². The first kappa shape index (κ1) is 15.7. The lowest BCUT2D eigenvalue weighted by atomic mass is 9.96. The van der Waals surface area contributed by atoms with E-state index in [4.69, 9.17) is 15.7 Å². The molecule has 1 heterocycles. The number of nitrogens with one attached hydrogen (secondary N) is 1. The lowest BCUT2D eigenvalue weighted by molar-refractivity contribution is -0.0263. The van der Waals surface area contributed by atoms with Gasteiger partial charge in [0.1, 0.15) is 11.4 Å². The molecule has 0 spiro atoms. The van der Waals surface area contributed by atoms with Gasteiger partial charge < -0.3 is 26.1 Å². The van der Waals surface area contributed by atoms with Crippen LogP contribution in [0.3, 0.4) is 0 Å². The van der Waals surface area contributed by atoms with Crippen molar-refractivity contribution in [1.82, 2.24) is 5.32 Å². The van der Waals surface area contributed by atoms with Crippen LogP contribution in [0.4, 0.5) is 4.39 Å². The molecule has 1 saturated heterocycles. The molecule has 116 valence electrons. The Bertz CT molecular complexity index is 538. The summed E-state index contributed by atoms with van der Waals surface area (Å²) in [6.45, 7) is 2.95. The van der Waals surface area contributed by atoms with Crippen molar-refractivity contribution in [2.24, 2.45) is 10.9 Å². The van der Waals surface area contributed by atoms with Crippen LogP contribution in [0.2, 0.25) is 0 Å². The molecule has 0 amide bonds. The third kappa shape index (κ3) is 3.49. The molecule has 0 aliphatic carbocycles. The van der Waals surface area contributed by atoms with E-state index in [0.29, 0.717) is 30.7 Å². The van der Waals surface area contributed by atoms with Gasteiger partial charge in [0.15, 0.2) is 5.84 Å². The van der Waals surface area contributed by atoms with Gasteiger partial charge in [-0.15, -0.1) is 0 Å². The first-order chi connectivity index (χ1) is 9.96. The van der Waals surface area contributed by atoms with Gasteiger partial charge in [-0.25, -0.2) is 4.39 Å². The third-order valence-corrected chi connectivity index (χ3v) is 3.86. The molecule has 1 fully saturated rings. The highest BCUT2D eigenvalue weighted by molar-refractivity contribution is 5.97. The fourth-order valence-electron chi connectivity index (χ4n) is 2.32. The van der Waals surface area contributed by atoms with Crippen molar-refractivity contribution in [1.29, 1.82) is 0 Å². The highest BCUT2D eigenvalue weighted by Crippen LogP contribution is 2.24. The number of oxime groups is 1. The zero-order valence-corrected chi connectivity index (χ0v) is 11.8. The molecule has 1 aliphatic rings. The van der Waals surface area contributed by atoms with E-state index in [1.165, 1.54) is 6.07 Å². The maximum atomic E-state index is 13.9. The molecule has 7 heteroatoms. The van der Waals surface area contributed by atoms with Crippen molar-refractivity contribution in [3.8, 4) is 0 Å². The van der Waals surface area contributed by atoms with E-state index in [1.807, 2.05) is 6.92 Å². The summed E-state index contributed by atoms with van der Waals surface area (Å²) in [6, 6.07) is 4.35. The number of hydrogen-bond acceptors (Lipinski definition) is 5. The molecule has 2 atom stereocenters.